The van der Waals surface area contributed by atoms with Crippen molar-refractivity contribution in [2.24, 2.45) is 5.92 Å². The summed E-state index contributed by atoms with van der Waals surface area (Å²) in [5.74, 6) is 0.920. The number of piperidine rings is 1. The summed E-state index contributed by atoms with van der Waals surface area (Å²) in [5, 5.41) is 18.2. The predicted octanol–water partition coefficient (Wildman–Crippen LogP) is 1.51. The van der Waals surface area contributed by atoms with Gasteiger partial charge in [-0.1, -0.05) is 0 Å². The zero-order valence-corrected chi connectivity index (χ0v) is 11.4. The first-order valence-electron chi connectivity index (χ1n) is 6.65. The van der Waals surface area contributed by atoms with Gasteiger partial charge in [0.1, 0.15) is 11.8 Å². The van der Waals surface area contributed by atoms with E-state index in [4.69, 9.17) is 4.74 Å². The monoisotopic (exact) mass is 253 g/mol. The van der Waals surface area contributed by atoms with E-state index >= 15 is 0 Å². The Balaban J connectivity index is 2.26. The van der Waals surface area contributed by atoms with E-state index in [9.17, 15) is 5.11 Å². The molecule has 102 valence electrons. The van der Waals surface area contributed by atoms with Crippen LogP contribution in [0, 0.1) is 5.92 Å². The third-order valence-electron chi connectivity index (χ3n) is 3.57. The quantitative estimate of drug-likeness (QED) is 0.854. The maximum absolute atomic E-state index is 10.6. The van der Waals surface area contributed by atoms with Gasteiger partial charge in [0.15, 0.2) is 5.75 Å². The van der Waals surface area contributed by atoms with Crippen LogP contribution in [0.15, 0.2) is 6.20 Å². The standard InChI is InChI=1S/C13H23N3O2/c1-9(2)16-12(11(18-3)8-15-16)13(17)10-5-4-6-14-7-10/h8-10,13-14,17H,4-7H2,1-3H3. The fraction of sp³-hybridized carbons (Fsp3) is 0.769. The molecule has 2 heterocycles. The van der Waals surface area contributed by atoms with Crippen molar-refractivity contribution < 1.29 is 9.84 Å². The van der Waals surface area contributed by atoms with Crippen LogP contribution < -0.4 is 10.1 Å². The van der Waals surface area contributed by atoms with Gasteiger partial charge in [-0.3, -0.25) is 4.68 Å². The van der Waals surface area contributed by atoms with Gasteiger partial charge >= 0.3 is 0 Å². The number of methoxy groups -OCH3 is 1. The third-order valence-corrected chi connectivity index (χ3v) is 3.57. The molecule has 0 spiro atoms. The highest BCUT2D eigenvalue weighted by molar-refractivity contribution is 5.28. The molecule has 2 rings (SSSR count). The van der Waals surface area contributed by atoms with Crippen LogP contribution in [0.1, 0.15) is 44.5 Å². The van der Waals surface area contributed by atoms with E-state index in [1.807, 2.05) is 4.68 Å². The Morgan fingerprint density at radius 3 is 2.89 bits per heavy atom. The number of rotatable bonds is 4. The minimum absolute atomic E-state index is 0.218. The number of hydrogen-bond donors (Lipinski definition) is 2. The number of nitrogens with zero attached hydrogens (tertiary/aromatic N) is 2. The number of hydrogen-bond acceptors (Lipinski definition) is 4. The topological polar surface area (TPSA) is 59.3 Å². The van der Waals surface area contributed by atoms with Gasteiger partial charge in [0.05, 0.1) is 13.3 Å². The molecule has 0 aliphatic carbocycles. The van der Waals surface area contributed by atoms with E-state index in [1.165, 1.54) is 0 Å². The van der Waals surface area contributed by atoms with Crippen LogP contribution in [0.2, 0.25) is 0 Å². The fourth-order valence-corrected chi connectivity index (χ4v) is 2.58. The van der Waals surface area contributed by atoms with Crippen LogP contribution in [0.25, 0.3) is 0 Å². The molecule has 2 unspecified atom stereocenters. The average Bonchev–Trinajstić information content (AvgIpc) is 2.82. The summed E-state index contributed by atoms with van der Waals surface area (Å²) in [7, 11) is 1.62. The molecule has 1 aliphatic heterocycles. The zero-order chi connectivity index (χ0) is 13.1. The van der Waals surface area contributed by atoms with Crippen molar-refractivity contribution in [2.75, 3.05) is 20.2 Å². The summed E-state index contributed by atoms with van der Waals surface area (Å²) in [6.07, 6.45) is 3.33. The van der Waals surface area contributed by atoms with Gasteiger partial charge in [0.2, 0.25) is 0 Å². The number of aliphatic hydroxyl groups is 1. The summed E-state index contributed by atoms with van der Waals surface area (Å²) < 4.78 is 7.18. The van der Waals surface area contributed by atoms with Gasteiger partial charge in [-0.15, -0.1) is 0 Å². The normalized spacial score (nSPS) is 22.2. The number of ether oxygens (including phenoxy) is 1. The molecule has 1 saturated heterocycles. The molecule has 0 aromatic carbocycles. The SMILES string of the molecule is COc1cnn(C(C)C)c1C(O)C1CCCNC1. The molecule has 0 amide bonds. The molecule has 5 heteroatoms. The Morgan fingerprint density at radius 1 is 1.56 bits per heavy atom. The second kappa shape index (κ2) is 5.71. The summed E-state index contributed by atoms with van der Waals surface area (Å²) in [6, 6.07) is 0.218. The van der Waals surface area contributed by atoms with E-state index in [2.05, 4.69) is 24.3 Å². The summed E-state index contributed by atoms with van der Waals surface area (Å²) in [5.41, 5.74) is 0.807. The molecule has 1 aromatic heterocycles. The van der Waals surface area contributed by atoms with E-state index in [0.717, 1.165) is 31.6 Å². The molecule has 1 aromatic rings. The first kappa shape index (κ1) is 13.4. The van der Waals surface area contributed by atoms with Crippen LogP contribution in [0.4, 0.5) is 0 Å². The van der Waals surface area contributed by atoms with E-state index in [0.29, 0.717) is 5.75 Å². The second-order valence-corrected chi connectivity index (χ2v) is 5.19. The molecule has 1 fully saturated rings. The molecule has 0 bridgehead atoms. The molecule has 18 heavy (non-hydrogen) atoms. The van der Waals surface area contributed by atoms with Crippen LogP contribution in [0.3, 0.4) is 0 Å². The van der Waals surface area contributed by atoms with Crippen LogP contribution >= 0.6 is 0 Å². The Bertz CT molecular complexity index is 384. The summed E-state index contributed by atoms with van der Waals surface area (Å²) in [4.78, 5) is 0. The molecule has 0 radical (unpaired) electrons. The highest BCUT2D eigenvalue weighted by Crippen LogP contribution is 2.34. The first-order chi connectivity index (χ1) is 8.65. The highest BCUT2D eigenvalue weighted by atomic mass is 16.5. The number of aromatic nitrogens is 2. The van der Waals surface area contributed by atoms with Crippen molar-refractivity contribution in [3.8, 4) is 5.75 Å². The van der Waals surface area contributed by atoms with Gasteiger partial charge < -0.3 is 15.2 Å². The van der Waals surface area contributed by atoms with Gasteiger partial charge in [-0.2, -0.15) is 5.10 Å². The zero-order valence-electron chi connectivity index (χ0n) is 11.4. The average molecular weight is 253 g/mol. The van der Waals surface area contributed by atoms with Crippen molar-refractivity contribution >= 4 is 0 Å². The smallest absolute Gasteiger partial charge is 0.162 e. The molecule has 1 aliphatic rings. The lowest BCUT2D eigenvalue weighted by molar-refractivity contribution is 0.0801. The predicted molar refractivity (Wildman–Crippen MR) is 69.7 cm³/mol. The van der Waals surface area contributed by atoms with Gasteiger partial charge in [0, 0.05) is 18.5 Å². The number of nitrogens with one attached hydrogen (secondary N) is 1. The maximum Gasteiger partial charge on any atom is 0.162 e. The molecule has 2 atom stereocenters. The van der Waals surface area contributed by atoms with Crippen molar-refractivity contribution in [2.45, 2.75) is 38.8 Å². The molecular weight excluding hydrogens is 230 g/mol. The minimum Gasteiger partial charge on any atom is -0.493 e. The van der Waals surface area contributed by atoms with Crippen molar-refractivity contribution in [3.05, 3.63) is 11.9 Å². The largest absolute Gasteiger partial charge is 0.493 e. The van der Waals surface area contributed by atoms with E-state index in [-0.39, 0.29) is 12.0 Å². The van der Waals surface area contributed by atoms with Crippen molar-refractivity contribution in [3.63, 3.8) is 0 Å². The molecule has 0 saturated carbocycles. The van der Waals surface area contributed by atoms with Gasteiger partial charge in [-0.05, 0) is 33.2 Å². The van der Waals surface area contributed by atoms with Crippen LogP contribution in [-0.2, 0) is 0 Å². The van der Waals surface area contributed by atoms with E-state index in [1.54, 1.807) is 13.3 Å². The lowest BCUT2D eigenvalue weighted by atomic mass is 9.91. The Morgan fingerprint density at radius 2 is 2.33 bits per heavy atom. The van der Waals surface area contributed by atoms with Crippen molar-refractivity contribution in [1.29, 1.82) is 0 Å². The maximum atomic E-state index is 10.6. The summed E-state index contributed by atoms with van der Waals surface area (Å²) >= 11 is 0. The first-order valence-corrected chi connectivity index (χ1v) is 6.65. The van der Waals surface area contributed by atoms with Gasteiger partial charge in [-0.25, -0.2) is 0 Å². The minimum atomic E-state index is -0.516. The second-order valence-electron chi connectivity index (χ2n) is 5.19. The van der Waals surface area contributed by atoms with Crippen LogP contribution in [0.5, 0.6) is 5.75 Å². The molecular formula is C13H23N3O2. The molecule has 2 N–H and O–H groups in total. The molecule has 5 nitrogen and oxygen atoms in total. The van der Waals surface area contributed by atoms with Crippen LogP contribution in [-0.4, -0.2) is 35.1 Å². The van der Waals surface area contributed by atoms with Crippen molar-refractivity contribution in [1.82, 2.24) is 15.1 Å². The summed E-state index contributed by atoms with van der Waals surface area (Å²) in [6.45, 7) is 6.01. The Kier molecular flexibility index (Phi) is 4.24. The fourth-order valence-electron chi connectivity index (χ4n) is 2.58. The lowest BCUT2D eigenvalue weighted by Gasteiger charge is -2.28. The van der Waals surface area contributed by atoms with E-state index < -0.39 is 6.10 Å². The number of aliphatic hydroxyl groups excluding tert-OH is 1. The Labute approximate surface area is 108 Å². The third kappa shape index (κ3) is 2.52. The Hall–Kier alpha value is -1.07. The lowest BCUT2D eigenvalue weighted by Crippen LogP contribution is -2.34. The van der Waals surface area contributed by atoms with Gasteiger partial charge in [0.25, 0.3) is 0 Å². The highest BCUT2D eigenvalue weighted by Gasteiger charge is 2.29.